The number of carbonyl (C=O) groups excluding carboxylic acids is 1. The maximum atomic E-state index is 13.0. The molecule has 0 aliphatic rings. The van der Waals surface area contributed by atoms with E-state index in [1.165, 1.54) is 16.4 Å². The van der Waals surface area contributed by atoms with E-state index in [2.05, 4.69) is 5.32 Å². The van der Waals surface area contributed by atoms with Gasteiger partial charge in [-0.2, -0.15) is 0 Å². The first-order valence-electron chi connectivity index (χ1n) is 12.1. The van der Waals surface area contributed by atoms with Gasteiger partial charge in [-0.15, -0.1) is 0 Å². The highest BCUT2D eigenvalue weighted by molar-refractivity contribution is 7.92. The van der Waals surface area contributed by atoms with Gasteiger partial charge in [-0.1, -0.05) is 54.6 Å². The molecule has 1 amide bonds. The zero-order valence-electron chi connectivity index (χ0n) is 21.0. The summed E-state index contributed by atoms with van der Waals surface area (Å²) >= 11 is 0. The molecular weight excluding hydrogens is 503 g/mol. The zero-order chi connectivity index (χ0) is 27.0. The highest BCUT2D eigenvalue weighted by Crippen LogP contribution is 2.24. The minimum Gasteiger partial charge on any atom is -0.489 e. The number of hydrogen-bond donors (Lipinski definition) is 1. The van der Waals surface area contributed by atoms with Gasteiger partial charge >= 0.3 is 0 Å². The Morgan fingerprint density at radius 1 is 0.816 bits per heavy atom. The molecule has 0 aliphatic heterocycles. The number of nitrogens with one attached hydrogen (secondary N) is 1. The fraction of sp³-hybridized carbons (Fsp3) is 0.167. The Labute approximate surface area is 222 Å². The smallest absolute Gasteiger partial charge is 0.251 e. The van der Waals surface area contributed by atoms with E-state index in [0.717, 1.165) is 22.9 Å². The molecule has 0 heterocycles. The van der Waals surface area contributed by atoms with E-state index >= 15 is 0 Å². The van der Waals surface area contributed by atoms with E-state index in [1.807, 2.05) is 30.3 Å². The predicted molar refractivity (Wildman–Crippen MR) is 147 cm³/mol. The number of ether oxygens (including phenoxy) is 1. The fourth-order valence-corrected chi connectivity index (χ4v) is 4.74. The van der Waals surface area contributed by atoms with Gasteiger partial charge in [0.15, 0.2) is 0 Å². The first-order valence-corrected chi connectivity index (χ1v) is 14.0. The van der Waals surface area contributed by atoms with E-state index in [9.17, 15) is 17.6 Å². The summed E-state index contributed by atoms with van der Waals surface area (Å²) in [5.41, 5.74) is 3.70. The Morgan fingerprint density at radius 3 is 2.08 bits per heavy atom. The van der Waals surface area contributed by atoms with Gasteiger partial charge in [-0.05, 0) is 71.6 Å². The van der Waals surface area contributed by atoms with E-state index in [1.54, 1.807) is 60.7 Å². The van der Waals surface area contributed by atoms with E-state index in [4.69, 9.17) is 4.74 Å². The summed E-state index contributed by atoms with van der Waals surface area (Å²) in [4.78, 5) is 12.5. The molecular formula is C30H29FN2O4S. The van der Waals surface area contributed by atoms with Gasteiger partial charge in [-0.25, -0.2) is 12.8 Å². The van der Waals surface area contributed by atoms with Gasteiger partial charge in [0.1, 0.15) is 18.2 Å². The molecule has 38 heavy (non-hydrogen) atoms. The topological polar surface area (TPSA) is 75.7 Å². The first-order chi connectivity index (χ1) is 18.3. The standard InChI is InChI=1S/C30H29FN2O4S/c1-38(35,36)33(28-15-17-29(18-16-28)37-22-25-5-3-2-4-6-25)21-24-7-11-26(12-8-24)30(34)32-20-19-23-9-13-27(31)14-10-23/h2-18H,19-22H2,1H3,(H,32,34). The quantitative estimate of drug-likeness (QED) is 0.283. The summed E-state index contributed by atoms with van der Waals surface area (Å²) in [7, 11) is -3.56. The van der Waals surface area contributed by atoms with Crippen molar-refractivity contribution in [3.8, 4) is 5.75 Å². The Bertz CT molecular complexity index is 1440. The number of benzene rings is 4. The van der Waals surface area contributed by atoms with E-state index in [-0.39, 0.29) is 18.3 Å². The Hall–Kier alpha value is -4.17. The normalized spacial score (nSPS) is 11.1. The van der Waals surface area contributed by atoms with Gasteiger partial charge in [0.05, 0.1) is 18.5 Å². The number of rotatable bonds is 11. The second kappa shape index (κ2) is 12.4. The molecule has 4 aromatic rings. The second-order valence-corrected chi connectivity index (χ2v) is 10.8. The van der Waals surface area contributed by atoms with Crippen molar-refractivity contribution in [2.24, 2.45) is 0 Å². The minimum atomic E-state index is -3.56. The minimum absolute atomic E-state index is 0.121. The van der Waals surface area contributed by atoms with Crippen LogP contribution >= 0.6 is 0 Å². The lowest BCUT2D eigenvalue weighted by Gasteiger charge is -2.23. The van der Waals surface area contributed by atoms with Gasteiger partial charge in [-0.3, -0.25) is 9.10 Å². The molecule has 0 fully saturated rings. The summed E-state index contributed by atoms with van der Waals surface area (Å²) in [5, 5.41) is 2.85. The molecule has 0 bridgehead atoms. The highest BCUT2D eigenvalue weighted by Gasteiger charge is 2.18. The molecule has 0 saturated heterocycles. The largest absolute Gasteiger partial charge is 0.489 e. The van der Waals surface area contributed by atoms with Crippen LogP contribution < -0.4 is 14.4 Å². The summed E-state index contributed by atoms with van der Waals surface area (Å²) in [6, 6.07) is 29.7. The fourth-order valence-electron chi connectivity index (χ4n) is 3.85. The van der Waals surface area contributed by atoms with Crippen LogP contribution in [0, 0.1) is 5.82 Å². The number of anilines is 1. The van der Waals surface area contributed by atoms with Crippen molar-refractivity contribution in [2.45, 2.75) is 19.6 Å². The highest BCUT2D eigenvalue weighted by atomic mass is 32.2. The molecule has 0 saturated carbocycles. The molecule has 1 N–H and O–H groups in total. The molecule has 0 aromatic heterocycles. The van der Waals surface area contributed by atoms with Gasteiger partial charge < -0.3 is 10.1 Å². The molecule has 6 nitrogen and oxygen atoms in total. The van der Waals surface area contributed by atoms with Crippen molar-refractivity contribution in [2.75, 3.05) is 17.1 Å². The Kier molecular flexibility index (Phi) is 8.76. The van der Waals surface area contributed by atoms with E-state index in [0.29, 0.717) is 36.6 Å². The number of halogens is 1. The summed E-state index contributed by atoms with van der Waals surface area (Å²) in [6.45, 7) is 0.955. The molecule has 0 atom stereocenters. The number of nitrogens with zero attached hydrogens (tertiary/aromatic N) is 1. The third kappa shape index (κ3) is 7.66. The third-order valence-corrected chi connectivity index (χ3v) is 7.07. The molecule has 0 spiro atoms. The van der Waals surface area contributed by atoms with Gasteiger partial charge in [0.25, 0.3) is 5.91 Å². The Morgan fingerprint density at radius 2 is 1.45 bits per heavy atom. The third-order valence-electron chi connectivity index (χ3n) is 5.93. The molecule has 4 aromatic carbocycles. The van der Waals surface area contributed by atoms with Crippen molar-refractivity contribution in [3.05, 3.63) is 131 Å². The zero-order valence-corrected chi connectivity index (χ0v) is 21.8. The number of amides is 1. The summed E-state index contributed by atoms with van der Waals surface area (Å²) in [5.74, 6) is 0.114. The van der Waals surface area contributed by atoms with Crippen molar-refractivity contribution in [3.63, 3.8) is 0 Å². The summed E-state index contributed by atoms with van der Waals surface area (Å²) < 4.78 is 45.3. The molecule has 4 rings (SSSR count). The Balaban J connectivity index is 1.35. The predicted octanol–water partition coefficient (Wildman–Crippen LogP) is 5.34. The van der Waals surface area contributed by atoms with Gasteiger partial charge in [0, 0.05) is 12.1 Å². The van der Waals surface area contributed by atoms with Crippen LogP contribution in [-0.4, -0.2) is 27.1 Å². The van der Waals surface area contributed by atoms with Crippen LogP contribution in [0.1, 0.15) is 27.0 Å². The number of carbonyl (C=O) groups is 1. The average molecular weight is 533 g/mol. The van der Waals surface area contributed by atoms with Crippen LogP contribution in [0.25, 0.3) is 0 Å². The lowest BCUT2D eigenvalue weighted by atomic mass is 10.1. The molecule has 0 aliphatic carbocycles. The van der Waals surface area contributed by atoms with Crippen molar-refractivity contribution in [1.29, 1.82) is 0 Å². The van der Waals surface area contributed by atoms with Crippen LogP contribution in [0.2, 0.25) is 0 Å². The SMILES string of the molecule is CS(=O)(=O)N(Cc1ccc(C(=O)NCCc2ccc(F)cc2)cc1)c1ccc(OCc2ccccc2)cc1. The van der Waals surface area contributed by atoms with Crippen LogP contribution in [0.15, 0.2) is 103 Å². The van der Waals surface area contributed by atoms with Gasteiger partial charge in [0.2, 0.25) is 10.0 Å². The molecule has 8 heteroatoms. The van der Waals surface area contributed by atoms with E-state index < -0.39 is 10.0 Å². The second-order valence-electron chi connectivity index (χ2n) is 8.87. The van der Waals surface area contributed by atoms with Crippen molar-refractivity contribution >= 4 is 21.6 Å². The average Bonchev–Trinajstić information content (AvgIpc) is 2.92. The number of hydrogen-bond acceptors (Lipinski definition) is 4. The number of sulfonamides is 1. The monoisotopic (exact) mass is 532 g/mol. The van der Waals surface area contributed by atoms with Crippen LogP contribution in [0.3, 0.4) is 0 Å². The van der Waals surface area contributed by atoms with Crippen molar-refractivity contribution < 1.29 is 22.3 Å². The lowest BCUT2D eigenvalue weighted by molar-refractivity contribution is 0.0954. The first kappa shape index (κ1) is 26.9. The van der Waals surface area contributed by atoms with Crippen molar-refractivity contribution in [1.82, 2.24) is 5.32 Å². The van der Waals surface area contributed by atoms with Crippen LogP contribution in [0.5, 0.6) is 5.75 Å². The molecule has 0 radical (unpaired) electrons. The van der Waals surface area contributed by atoms with Crippen LogP contribution in [0.4, 0.5) is 10.1 Å². The molecule has 196 valence electrons. The molecule has 0 unspecified atom stereocenters. The maximum absolute atomic E-state index is 13.0. The summed E-state index contributed by atoms with van der Waals surface area (Å²) in [6.07, 6.45) is 1.75. The lowest BCUT2D eigenvalue weighted by Crippen LogP contribution is -2.29. The maximum Gasteiger partial charge on any atom is 0.251 e. The van der Waals surface area contributed by atoms with Crippen LogP contribution in [-0.2, 0) is 29.6 Å².